The van der Waals surface area contributed by atoms with Gasteiger partial charge in [0.2, 0.25) is 0 Å². The van der Waals surface area contributed by atoms with E-state index in [0.717, 1.165) is 25.7 Å². The molecule has 2 rings (SSSR count). The van der Waals surface area contributed by atoms with Gasteiger partial charge in [0.1, 0.15) is 0 Å². The number of unbranched alkanes of at least 4 members (excludes halogenated alkanes) is 2. The van der Waals surface area contributed by atoms with E-state index < -0.39 is 0 Å². The first-order valence-corrected chi connectivity index (χ1v) is 7.94. The molecular formula is C15H30N2O. The minimum absolute atomic E-state index is 0.413. The molecule has 3 nitrogen and oxygen atoms in total. The molecule has 0 spiro atoms. The molecule has 3 heteroatoms. The maximum Gasteiger partial charge on any atom is 0.0855 e. The zero-order valence-corrected chi connectivity index (χ0v) is 12.2. The van der Waals surface area contributed by atoms with Crippen molar-refractivity contribution < 1.29 is 4.74 Å². The number of nitrogens with one attached hydrogen (secondary N) is 1. The molecule has 2 fully saturated rings. The summed E-state index contributed by atoms with van der Waals surface area (Å²) < 4.78 is 6.13. The van der Waals surface area contributed by atoms with Gasteiger partial charge in [0, 0.05) is 18.6 Å². The highest BCUT2D eigenvalue weighted by molar-refractivity contribution is 4.89. The van der Waals surface area contributed by atoms with Gasteiger partial charge in [-0.15, -0.1) is 0 Å². The molecule has 3 atom stereocenters. The van der Waals surface area contributed by atoms with Crippen molar-refractivity contribution in [1.82, 2.24) is 10.2 Å². The Hall–Kier alpha value is -0.120. The van der Waals surface area contributed by atoms with Crippen LogP contribution in [0, 0.1) is 0 Å². The van der Waals surface area contributed by atoms with E-state index in [9.17, 15) is 0 Å². The van der Waals surface area contributed by atoms with Gasteiger partial charge >= 0.3 is 0 Å². The van der Waals surface area contributed by atoms with Gasteiger partial charge in [-0.3, -0.25) is 4.90 Å². The van der Waals surface area contributed by atoms with Crippen molar-refractivity contribution >= 4 is 0 Å². The summed E-state index contributed by atoms with van der Waals surface area (Å²) in [7, 11) is 0. The monoisotopic (exact) mass is 254 g/mol. The Labute approximate surface area is 112 Å². The van der Waals surface area contributed by atoms with Crippen LogP contribution in [0.25, 0.3) is 0 Å². The van der Waals surface area contributed by atoms with Gasteiger partial charge in [0.05, 0.1) is 12.7 Å². The number of hydrogen-bond acceptors (Lipinski definition) is 3. The Morgan fingerprint density at radius 2 is 2.22 bits per heavy atom. The highest BCUT2D eigenvalue weighted by atomic mass is 16.5. The van der Waals surface area contributed by atoms with Crippen molar-refractivity contribution in [3.8, 4) is 0 Å². The van der Waals surface area contributed by atoms with Crippen molar-refractivity contribution in [1.29, 1.82) is 0 Å². The molecule has 0 aromatic heterocycles. The first-order chi connectivity index (χ1) is 8.85. The number of rotatable bonds is 7. The molecule has 0 saturated carbocycles. The summed E-state index contributed by atoms with van der Waals surface area (Å²) in [6.45, 7) is 8.93. The SMILES string of the molecule is CCCCCC(NCC)C1CN2CCCC2CO1. The fourth-order valence-electron chi connectivity index (χ4n) is 3.38. The van der Waals surface area contributed by atoms with Gasteiger partial charge < -0.3 is 10.1 Å². The van der Waals surface area contributed by atoms with Crippen LogP contribution in [0.1, 0.15) is 52.4 Å². The van der Waals surface area contributed by atoms with E-state index >= 15 is 0 Å². The number of ether oxygens (including phenoxy) is 1. The number of fused-ring (bicyclic) bond motifs is 1. The summed E-state index contributed by atoms with van der Waals surface area (Å²) in [5, 5.41) is 3.64. The molecule has 2 heterocycles. The lowest BCUT2D eigenvalue weighted by atomic mass is 10.0. The largest absolute Gasteiger partial charge is 0.374 e. The lowest BCUT2D eigenvalue weighted by Crippen LogP contribution is -2.54. The Morgan fingerprint density at radius 1 is 1.33 bits per heavy atom. The van der Waals surface area contributed by atoms with Crippen molar-refractivity contribution in [2.24, 2.45) is 0 Å². The maximum absolute atomic E-state index is 6.13. The van der Waals surface area contributed by atoms with E-state index in [-0.39, 0.29) is 0 Å². The topological polar surface area (TPSA) is 24.5 Å². The molecule has 0 aromatic rings. The molecule has 0 aliphatic carbocycles. The zero-order chi connectivity index (χ0) is 12.8. The summed E-state index contributed by atoms with van der Waals surface area (Å²) in [5.74, 6) is 0. The molecule has 3 unspecified atom stereocenters. The Bertz CT molecular complexity index is 235. The van der Waals surface area contributed by atoms with E-state index in [1.807, 2.05) is 0 Å². The third-order valence-corrected chi connectivity index (χ3v) is 4.45. The molecule has 1 N–H and O–H groups in total. The van der Waals surface area contributed by atoms with Gasteiger partial charge in [0.15, 0.2) is 0 Å². The normalized spacial score (nSPS) is 30.3. The van der Waals surface area contributed by atoms with Gasteiger partial charge in [0.25, 0.3) is 0 Å². The standard InChI is InChI=1S/C15H30N2O/c1-3-5-6-9-14(16-4-2)15-11-17-10-7-8-13(17)12-18-15/h13-16H,3-12H2,1-2H3. The average molecular weight is 254 g/mol. The lowest BCUT2D eigenvalue weighted by molar-refractivity contribution is -0.0656. The predicted octanol–water partition coefficient (Wildman–Crippen LogP) is 2.41. The summed E-state index contributed by atoms with van der Waals surface area (Å²) in [5.41, 5.74) is 0. The molecule has 0 amide bonds. The van der Waals surface area contributed by atoms with E-state index in [1.54, 1.807) is 0 Å². The molecule has 106 valence electrons. The number of nitrogens with zero attached hydrogens (tertiary/aromatic N) is 1. The van der Waals surface area contributed by atoms with Gasteiger partial charge in [-0.1, -0.05) is 33.1 Å². The van der Waals surface area contributed by atoms with E-state index in [0.29, 0.717) is 12.1 Å². The van der Waals surface area contributed by atoms with E-state index in [4.69, 9.17) is 4.74 Å². The van der Waals surface area contributed by atoms with Crippen LogP contribution in [0.15, 0.2) is 0 Å². The fourth-order valence-corrected chi connectivity index (χ4v) is 3.38. The molecular weight excluding hydrogens is 224 g/mol. The van der Waals surface area contributed by atoms with Crippen LogP contribution in [0.3, 0.4) is 0 Å². The van der Waals surface area contributed by atoms with Gasteiger partial charge in [-0.05, 0) is 32.4 Å². The van der Waals surface area contributed by atoms with Crippen LogP contribution < -0.4 is 5.32 Å². The third-order valence-electron chi connectivity index (χ3n) is 4.45. The van der Waals surface area contributed by atoms with Crippen molar-refractivity contribution in [2.75, 3.05) is 26.2 Å². The molecule has 0 bridgehead atoms. The number of likely N-dealkylation sites (N-methyl/N-ethyl adjacent to an activating group) is 1. The smallest absolute Gasteiger partial charge is 0.0855 e. The first-order valence-electron chi connectivity index (χ1n) is 7.94. The third kappa shape index (κ3) is 3.69. The Balaban J connectivity index is 1.81. The molecule has 18 heavy (non-hydrogen) atoms. The summed E-state index contributed by atoms with van der Waals surface area (Å²) in [6, 6.07) is 1.28. The minimum atomic E-state index is 0.413. The van der Waals surface area contributed by atoms with Gasteiger partial charge in [-0.2, -0.15) is 0 Å². The lowest BCUT2D eigenvalue weighted by Gasteiger charge is -2.39. The zero-order valence-electron chi connectivity index (χ0n) is 12.2. The van der Waals surface area contributed by atoms with Crippen LogP contribution in [-0.4, -0.2) is 49.3 Å². The Kier molecular flexibility index (Phi) is 5.93. The van der Waals surface area contributed by atoms with Crippen LogP contribution in [0.5, 0.6) is 0 Å². The van der Waals surface area contributed by atoms with E-state index in [1.165, 1.54) is 45.1 Å². The quantitative estimate of drug-likeness (QED) is 0.706. The predicted molar refractivity (Wildman–Crippen MR) is 75.9 cm³/mol. The molecule has 2 aliphatic heterocycles. The van der Waals surface area contributed by atoms with Crippen LogP contribution >= 0.6 is 0 Å². The second kappa shape index (κ2) is 7.46. The van der Waals surface area contributed by atoms with Gasteiger partial charge in [-0.25, -0.2) is 0 Å². The molecule has 2 saturated heterocycles. The molecule has 0 aromatic carbocycles. The van der Waals surface area contributed by atoms with Crippen LogP contribution in [0.4, 0.5) is 0 Å². The maximum atomic E-state index is 6.13. The summed E-state index contributed by atoms with van der Waals surface area (Å²) in [4.78, 5) is 2.65. The highest BCUT2D eigenvalue weighted by Gasteiger charge is 2.35. The Morgan fingerprint density at radius 3 is 3.00 bits per heavy atom. The number of hydrogen-bond donors (Lipinski definition) is 1. The second-order valence-electron chi connectivity index (χ2n) is 5.82. The van der Waals surface area contributed by atoms with Crippen molar-refractivity contribution in [3.63, 3.8) is 0 Å². The van der Waals surface area contributed by atoms with Crippen molar-refractivity contribution in [2.45, 2.75) is 70.6 Å². The van der Waals surface area contributed by atoms with E-state index in [2.05, 4.69) is 24.1 Å². The van der Waals surface area contributed by atoms with Crippen LogP contribution in [-0.2, 0) is 4.74 Å². The number of morpholine rings is 1. The highest BCUT2D eigenvalue weighted by Crippen LogP contribution is 2.24. The first kappa shape index (κ1) is 14.3. The summed E-state index contributed by atoms with van der Waals surface area (Å²) >= 11 is 0. The minimum Gasteiger partial charge on any atom is -0.374 e. The summed E-state index contributed by atoms with van der Waals surface area (Å²) in [6.07, 6.45) is 8.37. The second-order valence-corrected chi connectivity index (χ2v) is 5.82. The molecule has 0 radical (unpaired) electrons. The van der Waals surface area contributed by atoms with Crippen LogP contribution in [0.2, 0.25) is 0 Å². The fraction of sp³-hybridized carbons (Fsp3) is 1.00. The average Bonchev–Trinajstić information content (AvgIpc) is 2.85. The van der Waals surface area contributed by atoms with Crippen molar-refractivity contribution in [3.05, 3.63) is 0 Å². The molecule has 2 aliphatic rings.